The van der Waals surface area contributed by atoms with Gasteiger partial charge in [0.1, 0.15) is 11.4 Å². The van der Waals surface area contributed by atoms with Crippen molar-refractivity contribution in [3.63, 3.8) is 0 Å². The molecule has 0 aliphatic heterocycles. The highest BCUT2D eigenvalue weighted by Gasteiger charge is 2.07. The van der Waals surface area contributed by atoms with E-state index in [1.807, 2.05) is 6.07 Å². The number of fused-ring (bicyclic) bond motifs is 1. The molecular weight excluding hydrogens is 242 g/mol. The molecule has 2 N–H and O–H groups in total. The number of H-pyrrole nitrogens is 1. The standard InChI is InChI=1S/C12H12ClNO3/c13-4-1-5-17-9-2-3-10-8(6-9)7-11(14-10)12(15)16/h2-3,6-7,14H,1,4-5H2,(H,15,16). The molecule has 1 aromatic heterocycles. The van der Waals surface area contributed by atoms with E-state index >= 15 is 0 Å². The molecule has 4 nitrogen and oxygen atoms in total. The first-order chi connectivity index (χ1) is 8.20. The summed E-state index contributed by atoms with van der Waals surface area (Å²) in [4.78, 5) is 13.6. The first kappa shape index (κ1) is 11.8. The monoisotopic (exact) mass is 253 g/mol. The maximum absolute atomic E-state index is 10.8. The van der Waals surface area contributed by atoms with Gasteiger partial charge in [0.05, 0.1) is 6.61 Å². The fourth-order valence-electron chi connectivity index (χ4n) is 1.56. The van der Waals surface area contributed by atoms with Crippen molar-refractivity contribution >= 4 is 28.5 Å². The highest BCUT2D eigenvalue weighted by Crippen LogP contribution is 2.21. The fourth-order valence-corrected chi connectivity index (χ4v) is 1.67. The number of carboxylic acids is 1. The molecule has 0 amide bonds. The van der Waals surface area contributed by atoms with Crippen LogP contribution >= 0.6 is 11.6 Å². The Labute approximate surface area is 103 Å². The van der Waals surface area contributed by atoms with Crippen LogP contribution in [0.15, 0.2) is 24.3 Å². The lowest BCUT2D eigenvalue weighted by Gasteiger charge is -2.04. The molecule has 1 aromatic carbocycles. The summed E-state index contributed by atoms with van der Waals surface area (Å²) in [5.41, 5.74) is 0.963. The fraction of sp³-hybridized carbons (Fsp3) is 0.250. The van der Waals surface area contributed by atoms with Gasteiger partial charge in [0.15, 0.2) is 0 Å². The summed E-state index contributed by atoms with van der Waals surface area (Å²) >= 11 is 5.55. The van der Waals surface area contributed by atoms with E-state index in [0.29, 0.717) is 12.5 Å². The number of aromatic nitrogens is 1. The Morgan fingerprint density at radius 2 is 2.24 bits per heavy atom. The summed E-state index contributed by atoms with van der Waals surface area (Å²) in [6.45, 7) is 0.561. The lowest BCUT2D eigenvalue weighted by Crippen LogP contribution is -1.97. The van der Waals surface area contributed by atoms with Gasteiger partial charge >= 0.3 is 5.97 Å². The molecule has 0 atom stereocenters. The largest absolute Gasteiger partial charge is 0.494 e. The van der Waals surface area contributed by atoms with Gasteiger partial charge in [-0.05, 0) is 30.7 Å². The van der Waals surface area contributed by atoms with Crippen LogP contribution in [0.3, 0.4) is 0 Å². The predicted octanol–water partition coefficient (Wildman–Crippen LogP) is 2.87. The molecule has 5 heteroatoms. The Morgan fingerprint density at radius 3 is 2.94 bits per heavy atom. The third-order valence-electron chi connectivity index (χ3n) is 2.37. The average Bonchev–Trinajstić information content (AvgIpc) is 2.72. The number of ether oxygens (including phenoxy) is 1. The Morgan fingerprint density at radius 1 is 1.41 bits per heavy atom. The van der Waals surface area contributed by atoms with Crippen LogP contribution < -0.4 is 4.74 Å². The molecule has 0 saturated carbocycles. The van der Waals surface area contributed by atoms with Crippen LogP contribution in [-0.2, 0) is 0 Å². The summed E-state index contributed by atoms with van der Waals surface area (Å²) in [7, 11) is 0. The maximum atomic E-state index is 10.8. The maximum Gasteiger partial charge on any atom is 0.352 e. The van der Waals surface area contributed by atoms with Gasteiger partial charge in [-0.3, -0.25) is 0 Å². The first-order valence-corrected chi connectivity index (χ1v) is 5.79. The minimum Gasteiger partial charge on any atom is -0.494 e. The molecule has 2 rings (SSSR count). The third-order valence-corrected chi connectivity index (χ3v) is 2.64. The molecule has 17 heavy (non-hydrogen) atoms. The molecule has 0 aliphatic rings. The van der Waals surface area contributed by atoms with E-state index in [-0.39, 0.29) is 5.69 Å². The second-order valence-electron chi connectivity index (χ2n) is 3.63. The number of alkyl halides is 1. The van der Waals surface area contributed by atoms with Crippen molar-refractivity contribution in [1.82, 2.24) is 4.98 Å². The number of halogens is 1. The number of rotatable bonds is 5. The molecule has 1 heterocycles. The van der Waals surface area contributed by atoms with Crippen molar-refractivity contribution in [3.8, 4) is 5.75 Å². The molecule has 90 valence electrons. The summed E-state index contributed by atoms with van der Waals surface area (Å²) in [6, 6.07) is 7.01. The van der Waals surface area contributed by atoms with Gasteiger partial charge in [-0.2, -0.15) is 0 Å². The van der Waals surface area contributed by atoms with Crippen molar-refractivity contribution in [2.75, 3.05) is 12.5 Å². The molecule has 0 saturated heterocycles. The Hall–Kier alpha value is -1.68. The minimum atomic E-state index is -0.967. The van der Waals surface area contributed by atoms with Crippen molar-refractivity contribution in [1.29, 1.82) is 0 Å². The SMILES string of the molecule is O=C(O)c1cc2cc(OCCCCl)ccc2[nH]1. The number of hydrogen-bond acceptors (Lipinski definition) is 2. The van der Waals surface area contributed by atoms with Crippen molar-refractivity contribution < 1.29 is 14.6 Å². The first-order valence-electron chi connectivity index (χ1n) is 5.25. The number of carbonyl (C=O) groups is 1. The van der Waals surface area contributed by atoms with Crippen LogP contribution in [-0.4, -0.2) is 28.5 Å². The highest BCUT2D eigenvalue weighted by molar-refractivity contribution is 6.17. The molecule has 0 fully saturated rings. The van der Waals surface area contributed by atoms with Crippen LogP contribution in [0, 0.1) is 0 Å². The number of hydrogen-bond donors (Lipinski definition) is 2. The molecule has 0 bridgehead atoms. The lowest BCUT2D eigenvalue weighted by atomic mass is 10.2. The van der Waals surface area contributed by atoms with Gasteiger partial charge in [0.2, 0.25) is 0 Å². The van der Waals surface area contributed by atoms with Gasteiger partial charge < -0.3 is 14.8 Å². The summed E-state index contributed by atoms with van der Waals surface area (Å²) in [5, 5.41) is 9.68. The zero-order valence-electron chi connectivity index (χ0n) is 9.07. The number of carboxylic acid groups (broad SMARTS) is 1. The molecular formula is C12H12ClNO3. The Balaban J connectivity index is 2.21. The Kier molecular flexibility index (Phi) is 3.54. The number of aromatic carboxylic acids is 1. The second-order valence-corrected chi connectivity index (χ2v) is 4.01. The third kappa shape index (κ3) is 2.71. The topological polar surface area (TPSA) is 62.3 Å². The van der Waals surface area contributed by atoms with Crippen molar-refractivity contribution in [2.24, 2.45) is 0 Å². The van der Waals surface area contributed by atoms with Gasteiger partial charge in [-0.25, -0.2) is 4.79 Å². The minimum absolute atomic E-state index is 0.179. The molecule has 2 aromatic rings. The van der Waals surface area contributed by atoms with Gasteiger partial charge in [-0.1, -0.05) is 0 Å². The average molecular weight is 254 g/mol. The van der Waals surface area contributed by atoms with Crippen LogP contribution in [0.5, 0.6) is 5.75 Å². The normalized spacial score (nSPS) is 10.6. The van der Waals surface area contributed by atoms with E-state index in [1.165, 1.54) is 0 Å². The van der Waals surface area contributed by atoms with E-state index < -0.39 is 5.97 Å². The van der Waals surface area contributed by atoms with Crippen molar-refractivity contribution in [2.45, 2.75) is 6.42 Å². The van der Waals surface area contributed by atoms with Crippen LogP contribution in [0.25, 0.3) is 10.9 Å². The van der Waals surface area contributed by atoms with E-state index in [4.69, 9.17) is 21.4 Å². The van der Waals surface area contributed by atoms with E-state index in [1.54, 1.807) is 18.2 Å². The number of nitrogens with one attached hydrogen (secondary N) is 1. The smallest absolute Gasteiger partial charge is 0.352 e. The summed E-state index contributed by atoms with van der Waals surface area (Å²) in [5.74, 6) is 0.319. The van der Waals surface area contributed by atoms with E-state index in [0.717, 1.165) is 23.1 Å². The van der Waals surface area contributed by atoms with Crippen LogP contribution in [0.4, 0.5) is 0 Å². The van der Waals surface area contributed by atoms with Crippen LogP contribution in [0.1, 0.15) is 16.9 Å². The predicted molar refractivity (Wildman–Crippen MR) is 66.1 cm³/mol. The van der Waals surface area contributed by atoms with Gasteiger partial charge in [0.25, 0.3) is 0 Å². The summed E-state index contributed by atoms with van der Waals surface area (Å²) < 4.78 is 5.48. The van der Waals surface area contributed by atoms with E-state index in [9.17, 15) is 4.79 Å². The molecule has 0 spiro atoms. The van der Waals surface area contributed by atoms with Gasteiger partial charge in [0, 0.05) is 16.8 Å². The number of aromatic amines is 1. The number of benzene rings is 1. The zero-order chi connectivity index (χ0) is 12.3. The molecule has 0 unspecified atom stereocenters. The van der Waals surface area contributed by atoms with E-state index in [2.05, 4.69) is 4.98 Å². The van der Waals surface area contributed by atoms with Gasteiger partial charge in [-0.15, -0.1) is 11.6 Å². The Bertz CT molecular complexity index is 536. The highest BCUT2D eigenvalue weighted by atomic mass is 35.5. The zero-order valence-corrected chi connectivity index (χ0v) is 9.83. The lowest BCUT2D eigenvalue weighted by molar-refractivity contribution is 0.0691. The van der Waals surface area contributed by atoms with Crippen molar-refractivity contribution in [3.05, 3.63) is 30.0 Å². The second kappa shape index (κ2) is 5.10. The quantitative estimate of drug-likeness (QED) is 0.636. The molecule has 0 aliphatic carbocycles. The molecule has 0 radical (unpaired) electrons. The summed E-state index contributed by atoms with van der Waals surface area (Å²) in [6.07, 6.45) is 0.785. The van der Waals surface area contributed by atoms with Crippen LogP contribution in [0.2, 0.25) is 0 Å².